The van der Waals surface area contributed by atoms with Crippen LogP contribution in [0.2, 0.25) is 0 Å². The van der Waals surface area contributed by atoms with Crippen molar-refractivity contribution in [1.82, 2.24) is 20.3 Å². The summed E-state index contributed by atoms with van der Waals surface area (Å²) in [5, 5.41) is 19.0. The quantitative estimate of drug-likeness (QED) is 0.329. The minimum absolute atomic E-state index is 0.140. The monoisotopic (exact) mass is 449 g/mol. The number of rotatable bonds is 3. The van der Waals surface area contributed by atoms with Crippen molar-refractivity contribution in [2.75, 3.05) is 18.4 Å². The molecule has 0 bridgehead atoms. The number of H-pyrrole nitrogens is 2. The summed E-state index contributed by atoms with van der Waals surface area (Å²) >= 11 is 1.62. The maximum atomic E-state index is 13.2. The van der Waals surface area contributed by atoms with Crippen molar-refractivity contribution in [3.8, 4) is 11.4 Å². The minimum atomic E-state index is -0.214. The van der Waals surface area contributed by atoms with E-state index in [4.69, 9.17) is 4.98 Å². The number of aromatic amines is 2. The van der Waals surface area contributed by atoms with Crippen LogP contribution in [-0.4, -0.2) is 45.3 Å². The zero-order valence-corrected chi connectivity index (χ0v) is 18.6. The third-order valence-electron chi connectivity index (χ3n) is 6.85. The molecule has 166 valence electrons. The Balaban J connectivity index is 1.47. The Labute approximate surface area is 189 Å². The number of aliphatic hydroxyl groups excluding tert-OH is 1. The van der Waals surface area contributed by atoms with E-state index in [1.165, 1.54) is 11.1 Å². The van der Waals surface area contributed by atoms with Gasteiger partial charge in [0.15, 0.2) is 0 Å². The molecule has 0 radical (unpaired) electrons. The molecule has 1 aromatic carbocycles. The molecule has 1 aliphatic carbocycles. The van der Waals surface area contributed by atoms with Crippen LogP contribution >= 0.6 is 11.3 Å². The second-order valence-electron chi connectivity index (χ2n) is 8.99. The van der Waals surface area contributed by atoms with E-state index in [1.54, 1.807) is 11.3 Å². The predicted octanol–water partition coefficient (Wildman–Crippen LogP) is 3.54. The van der Waals surface area contributed by atoms with Crippen molar-refractivity contribution in [2.45, 2.75) is 50.7 Å². The van der Waals surface area contributed by atoms with Crippen LogP contribution in [0.15, 0.2) is 28.4 Å². The molecule has 1 saturated carbocycles. The zero-order valence-electron chi connectivity index (χ0n) is 17.8. The predicted molar refractivity (Wildman–Crippen MR) is 130 cm³/mol. The first-order valence-electron chi connectivity index (χ1n) is 11.5. The van der Waals surface area contributed by atoms with Crippen LogP contribution in [0.4, 0.5) is 5.69 Å². The van der Waals surface area contributed by atoms with Crippen LogP contribution < -0.4 is 16.2 Å². The Morgan fingerprint density at radius 2 is 1.81 bits per heavy atom. The Kier molecular flexibility index (Phi) is 5.01. The normalized spacial score (nSPS) is 21.5. The zero-order chi connectivity index (χ0) is 21.7. The Morgan fingerprint density at radius 3 is 2.62 bits per heavy atom. The molecule has 7 nitrogen and oxygen atoms in total. The standard InChI is InChI=1S/C24H27N5O2S/c30-16-3-1-15(2-4-16)26-21-20(24(31)29-17-7-10-32-22(17)21)23-27-18-11-13-5-8-25-9-6-14(13)12-19(18)28-23/h7,10-12,15-16,25,30H,1-6,8-9H2,(H,27,28)(H2,26,29,31). The van der Waals surface area contributed by atoms with E-state index < -0.39 is 0 Å². The van der Waals surface area contributed by atoms with Gasteiger partial charge in [-0.05, 0) is 86.3 Å². The van der Waals surface area contributed by atoms with E-state index in [-0.39, 0.29) is 17.7 Å². The van der Waals surface area contributed by atoms with E-state index in [0.29, 0.717) is 11.4 Å². The number of anilines is 1. The molecule has 1 aliphatic heterocycles. The lowest BCUT2D eigenvalue weighted by Gasteiger charge is -2.27. The van der Waals surface area contributed by atoms with Crippen LogP contribution in [-0.2, 0) is 12.8 Å². The van der Waals surface area contributed by atoms with Gasteiger partial charge in [-0.3, -0.25) is 4.79 Å². The van der Waals surface area contributed by atoms with E-state index in [9.17, 15) is 9.90 Å². The summed E-state index contributed by atoms with van der Waals surface area (Å²) in [6.45, 7) is 1.97. The molecule has 0 amide bonds. The summed E-state index contributed by atoms with van der Waals surface area (Å²) in [6, 6.07) is 6.55. The van der Waals surface area contributed by atoms with E-state index in [1.807, 2.05) is 11.4 Å². The fourth-order valence-electron chi connectivity index (χ4n) is 5.10. The number of pyridine rings is 1. The average molecular weight is 450 g/mol. The molecular weight excluding hydrogens is 422 g/mol. The molecule has 6 rings (SSSR count). The summed E-state index contributed by atoms with van der Waals surface area (Å²) in [5.74, 6) is 0.605. The second kappa shape index (κ2) is 8.03. The van der Waals surface area contributed by atoms with Gasteiger partial charge in [0.05, 0.1) is 33.0 Å². The van der Waals surface area contributed by atoms with Gasteiger partial charge in [-0.2, -0.15) is 0 Å². The highest BCUT2D eigenvalue weighted by Crippen LogP contribution is 2.36. The lowest BCUT2D eigenvalue weighted by molar-refractivity contribution is 0.126. The van der Waals surface area contributed by atoms with Crippen LogP contribution in [0.3, 0.4) is 0 Å². The molecule has 3 aromatic heterocycles. The van der Waals surface area contributed by atoms with Crippen LogP contribution in [0.25, 0.3) is 32.6 Å². The number of fused-ring (bicyclic) bond motifs is 3. The van der Waals surface area contributed by atoms with E-state index in [0.717, 1.165) is 78.6 Å². The highest BCUT2D eigenvalue weighted by Gasteiger charge is 2.24. The fourth-order valence-corrected chi connectivity index (χ4v) is 5.97. The SMILES string of the molecule is O=c1[nH]c2ccsc2c(NC2CCC(O)CC2)c1-c1nc2cc3c(cc2[nH]1)CCNCC3. The topological polar surface area (TPSA) is 106 Å². The summed E-state index contributed by atoms with van der Waals surface area (Å²) in [4.78, 5) is 24.6. The first-order chi connectivity index (χ1) is 15.7. The first-order valence-corrected chi connectivity index (χ1v) is 12.3. The third-order valence-corrected chi connectivity index (χ3v) is 7.78. The lowest BCUT2D eigenvalue weighted by atomic mass is 9.93. The van der Waals surface area contributed by atoms with Gasteiger partial charge >= 0.3 is 0 Å². The molecule has 2 aliphatic rings. The van der Waals surface area contributed by atoms with Gasteiger partial charge < -0.3 is 25.7 Å². The maximum absolute atomic E-state index is 13.2. The molecule has 0 saturated heterocycles. The minimum Gasteiger partial charge on any atom is -0.393 e. The summed E-state index contributed by atoms with van der Waals surface area (Å²) in [6.07, 6.45) is 5.14. The van der Waals surface area contributed by atoms with Crippen molar-refractivity contribution in [3.05, 3.63) is 45.1 Å². The molecule has 0 atom stereocenters. The Morgan fingerprint density at radius 1 is 1.03 bits per heavy atom. The lowest BCUT2D eigenvalue weighted by Crippen LogP contribution is -2.29. The number of thiophene rings is 1. The van der Waals surface area contributed by atoms with Crippen LogP contribution in [0.1, 0.15) is 36.8 Å². The van der Waals surface area contributed by atoms with Gasteiger partial charge in [0.1, 0.15) is 11.4 Å². The van der Waals surface area contributed by atoms with Gasteiger partial charge in [0, 0.05) is 6.04 Å². The molecule has 0 spiro atoms. The first kappa shape index (κ1) is 20.0. The van der Waals surface area contributed by atoms with Crippen molar-refractivity contribution in [1.29, 1.82) is 0 Å². The molecule has 0 unspecified atom stereocenters. The fraction of sp³-hybridized carbons (Fsp3) is 0.417. The highest BCUT2D eigenvalue weighted by molar-refractivity contribution is 7.17. The Bertz CT molecular complexity index is 1300. The number of nitrogens with one attached hydrogen (secondary N) is 4. The van der Waals surface area contributed by atoms with Gasteiger partial charge in [-0.15, -0.1) is 11.3 Å². The van der Waals surface area contributed by atoms with E-state index in [2.05, 4.69) is 32.7 Å². The molecule has 4 aromatic rings. The Hall–Kier alpha value is -2.68. The van der Waals surface area contributed by atoms with Crippen molar-refractivity contribution in [3.63, 3.8) is 0 Å². The molecule has 32 heavy (non-hydrogen) atoms. The van der Waals surface area contributed by atoms with Crippen LogP contribution in [0, 0.1) is 0 Å². The average Bonchev–Trinajstić information content (AvgIpc) is 3.34. The summed E-state index contributed by atoms with van der Waals surface area (Å²) in [5.41, 5.74) is 6.68. The molecule has 8 heteroatoms. The number of aliphatic hydroxyl groups is 1. The van der Waals surface area contributed by atoms with Crippen molar-refractivity contribution >= 4 is 38.3 Å². The van der Waals surface area contributed by atoms with Gasteiger partial charge in [0.2, 0.25) is 0 Å². The molecule has 4 heterocycles. The summed E-state index contributed by atoms with van der Waals surface area (Å²) < 4.78 is 1.04. The van der Waals surface area contributed by atoms with Crippen LogP contribution in [0.5, 0.6) is 0 Å². The van der Waals surface area contributed by atoms with Crippen molar-refractivity contribution < 1.29 is 5.11 Å². The molecule has 1 fully saturated rings. The number of aromatic nitrogens is 3. The molecule has 5 N–H and O–H groups in total. The number of imidazole rings is 1. The number of benzene rings is 1. The van der Waals surface area contributed by atoms with Crippen molar-refractivity contribution in [2.24, 2.45) is 0 Å². The number of nitrogens with zero attached hydrogens (tertiary/aromatic N) is 1. The number of hydrogen-bond acceptors (Lipinski definition) is 6. The summed E-state index contributed by atoms with van der Waals surface area (Å²) in [7, 11) is 0. The van der Waals surface area contributed by atoms with Gasteiger partial charge in [-0.1, -0.05) is 0 Å². The largest absolute Gasteiger partial charge is 0.393 e. The van der Waals surface area contributed by atoms with Gasteiger partial charge in [0.25, 0.3) is 5.56 Å². The second-order valence-corrected chi connectivity index (χ2v) is 9.91. The third kappa shape index (κ3) is 3.52. The van der Waals surface area contributed by atoms with E-state index >= 15 is 0 Å². The number of hydrogen-bond donors (Lipinski definition) is 5. The highest BCUT2D eigenvalue weighted by atomic mass is 32.1. The smallest absolute Gasteiger partial charge is 0.261 e. The van der Waals surface area contributed by atoms with Gasteiger partial charge in [-0.25, -0.2) is 4.98 Å². The maximum Gasteiger partial charge on any atom is 0.261 e. The molecular formula is C24H27N5O2S.